The molecule has 8 heteroatoms. The average Bonchev–Trinajstić information content (AvgIpc) is 2.70. The van der Waals surface area contributed by atoms with Crippen molar-refractivity contribution in [2.45, 2.75) is 58.2 Å². The molecule has 0 saturated heterocycles. The minimum absolute atomic E-state index is 0.203. The molecule has 0 aliphatic carbocycles. The van der Waals surface area contributed by atoms with E-state index in [4.69, 9.17) is 15.6 Å². The molecule has 1 rings (SSSR count). The van der Waals surface area contributed by atoms with Gasteiger partial charge in [-0.3, -0.25) is 4.68 Å². The normalized spacial score (nSPS) is 12.6. The van der Waals surface area contributed by atoms with Crippen molar-refractivity contribution in [2.24, 2.45) is 0 Å². The van der Waals surface area contributed by atoms with Gasteiger partial charge in [0.15, 0.2) is 0 Å². The maximum atomic E-state index is 10.4. The molecule has 24 heavy (non-hydrogen) atoms. The van der Waals surface area contributed by atoms with Crippen LogP contribution in [0.25, 0.3) is 0 Å². The number of ether oxygens (including phenoxy) is 1. The fourth-order valence-electron chi connectivity index (χ4n) is 3.53. The highest BCUT2D eigenvalue weighted by atomic mass is 28.3. The number of hydrogen-bond acceptors (Lipinski definition) is 4. The minimum Gasteiger partial charge on any atom is -0.465 e. The summed E-state index contributed by atoms with van der Waals surface area (Å²) in [5, 5.41) is 16.9. The Morgan fingerprint density at radius 1 is 1.29 bits per heavy atom. The van der Waals surface area contributed by atoms with Gasteiger partial charge < -0.3 is 20.9 Å². The van der Waals surface area contributed by atoms with E-state index in [1.54, 1.807) is 0 Å². The van der Waals surface area contributed by atoms with Crippen LogP contribution in [-0.2, 0) is 11.3 Å². The smallest absolute Gasteiger partial charge is 0.404 e. The van der Waals surface area contributed by atoms with Gasteiger partial charge in [0.25, 0.3) is 0 Å². The third kappa shape index (κ3) is 6.16. The molecule has 0 aromatic carbocycles. The van der Waals surface area contributed by atoms with Crippen LogP contribution in [0.2, 0.25) is 10.1 Å². The predicted molar refractivity (Wildman–Crippen MR) is 99.7 cm³/mol. The van der Waals surface area contributed by atoms with E-state index in [2.05, 4.69) is 52.0 Å². The van der Waals surface area contributed by atoms with Gasteiger partial charge in [-0.25, -0.2) is 4.79 Å². The highest BCUT2D eigenvalue weighted by Gasteiger charge is 2.40. The molecule has 1 aromatic rings. The second-order valence-corrected chi connectivity index (χ2v) is 13.1. The number of amides is 1. The number of hydrogen-bond donors (Lipinski definition) is 3. The second-order valence-electron chi connectivity index (χ2n) is 8.23. The summed E-state index contributed by atoms with van der Waals surface area (Å²) in [5.41, 5.74) is 5.96. The molecule has 0 aliphatic rings. The molecule has 1 heterocycles. The zero-order chi connectivity index (χ0) is 18.5. The van der Waals surface area contributed by atoms with Gasteiger partial charge in [-0.15, -0.1) is 0 Å². The molecule has 1 aromatic heterocycles. The Hall–Kier alpha value is -1.54. The van der Waals surface area contributed by atoms with E-state index in [1.807, 2.05) is 10.7 Å². The fraction of sp³-hybridized carbons (Fsp3) is 0.750. The Morgan fingerprint density at radius 3 is 2.38 bits per heavy atom. The number of nitrogen functional groups attached to an aromatic ring is 1. The highest BCUT2D eigenvalue weighted by molar-refractivity contribution is 6.77. The number of anilines is 1. The van der Waals surface area contributed by atoms with Crippen molar-refractivity contribution < 1.29 is 14.6 Å². The monoisotopic (exact) mass is 356 g/mol. The lowest BCUT2D eigenvalue weighted by molar-refractivity contribution is 0.123. The summed E-state index contributed by atoms with van der Waals surface area (Å²) in [6.45, 7) is 15.5. The third-order valence-corrected chi connectivity index (χ3v) is 8.35. The summed E-state index contributed by atoms with van der Waals surface area (Å²) in [6.07, 6.45) is -1.04. The van der Waals surface area contributed by atoms with Gasteiger partial charge in [0, 0.05) is 11.9 Å². The second kappa shape index (κ2) is 8.02. The third-order valence-electron chi connectivity index (χ3n) is 3.83. The molecule has 0 bridgehead atoms. The van der Waals surface area contributed by atoms with Crippen molar-refractivity contribution in [2.75, 3.05) is 25.5 Å². The van der Waals surface area contributed by atoms with Crippen molar-refractivity contribution in [3.8, 4) is 0 Å². The largest absolute Gasteiger partial charge is 0.465 e. The summed E-state index contributed by atoms with van der Waals surface area (Å²) < 4.78 is 7.47. The molecular weight excluding hydrogens is 324 g/mol. The van der Waals surface area contributed by atoms with E-state index in [9.17, 15) is 4.79 Å². The van der Waals surface area contributed by atoms with Crippen LogP contribution >= 0.6 is 0 Å². The number of carbonyl (C=O) groups is 1. The van der Waals surface area contributed by atoms with Crippen molar-refractivity contribution in [3.05, 3.63) is 6.07 Å². The van der Waals surface area contributed by atoms with Gasteiger partial charge in [0.1, 0.15) is 14.6 Å². The number of nitrogens with zero attached hydrogens (tertiary/aromatic N) is 2. The van der Waals surface area contributed by atoms with Gasteiger partial charge in [-0.1, -0.05) is 41.5 Å². The SMILES string of the molecule is CC(C)(C)[SiH](c1cc(N)nn1CCOCCNC(=O)O)C(C)(C)C. The molecule has 0 radical (unpaired) electrons. The molecule has 7 nitrogen and oxygen atoms in total. The molecule has 0 saturated carbocycles. The van der Waals surface area contributed by atoms with Crippen LogP contribution in [-0.4, -0.2) is 49.5 Å². The Bertz CT molecular complexity index is 532. The van der Waals surface area contributed by atoms with Gasteiger partial charge in [0.2, 0.25) is 0 Å². The molecule has 4 N–H and O–H groups in total. The number of aromatic nitrogens is 2. The van der Waals surface area contributed by atoms with Crippen LogP contribution in [0, 0.1) is 0 Å². The molecule has 0 fully saturated rings. The molecule has 1 amide bonds. The van der Waals surface area contributed by atoms with Crippen LogP contribution < -0.4 is 16.4 Å². The Balaban J connectivity index is 2.78. The van der Waals surface area contributed by atoms with Gasteiger partial charge in [-0.2, -0.15) is 5.10 Å². The van der Waals surface area contributed by atoms with Crippen LogP contribution in [0.1, 0.15) is 41.5 Å². The van der Waals surface area contributed by atoms with Crippen LogP contribution in [0.3, 0.4) is 0 Å². The van der Waals surface area contributed by atoms with E-state index < -0.39 is 14.9 Å². The highest BCUT2D eigenvalue weighted by Crippen LogP contribution is 2.41. The fourth-order valence-corrected chi connectivity index (χ4v) is 8.73. The van der Waals surface area contributed by atoms with E-state index in [-0.39, 0.29) is 16.6 Å². The van der Waals surface area contributed by atoms with Crippen molar-refractivity contribution in [1.29, 1.82) is 0 Å². The summed E-state index contributed by atoms with van der Waals surface area (Å²) in [5.74, 6) is 0.545. The minimum atomic E-state index is -1.39. The molecule has 0 spiro atoms. The molecule has 0 aliphatic heterocycles. The number of nitrogens with two attached hydrogens (primary N) is 1. The van der Waals surface area contributed by atoms with Crippen molar-refractivity contribution >= 4 is 26.0 Å². The van der Waals surface area contributed by atoms with E-state index >= 15 is 0 Å². The first-order valence-electron chi connectivity index (χ1n) is 8.30. The van der Waals surface area contributed by atoms with Gasteiger partial charge in [-0.05, 0) is 16.1 Å². The van der Waals surface area contributed by atoms with E-state index in [0.717, 1.165) is 0 Å². The summed E-state index contributed by atoms with van der Waals surface area (Å²) in [6, 6.07) is 2.01. The number of carboxylic acid groups (broad SMARTS) is 1. The number of rotatable bonds is 7. The molecule has 0 unspecified atom stereocenters. The lowest BCUT2D eigenvalue weighted by atomic mass is 10.2. The maximum absolute atomic E-state index is 10.4. The molecular formula is C16H32N4O3Si. The van der Waals surface area contributed by atoms with E-state index in [0.29, 0.717) is 25.6 Å². The van der Waals surface area contributed by atoms with E-state index in [1.165, 1.54) is 5.32 Å². The number of nitrogens with one attached hydrogen (secondary N) is 1. The Morgan fingerprint density at radius 2 is 1.88 bits per heavy atom. The zero-order valence-corrected chi connectivity index (χ0v) is 16.9. The molecule has 138 valence electrons. The standard InChI is InChI=1S/C16H32N4O3Si/c1-15(2,3)24(16(4,5)6)13-11-12(17)19-20(13)8-10-23-9-7-18-14(21)22/h11,18,24H,7-10H2,1-6H3,(H2,17,19)(H,21,22). The first kappa shape index (κ1) is 20.5. The average molecular weight is 357 g/mol. The Labute approximate surface area is 146 Å². The lowest BCUT2D eigenvalue weighted by Crippen LogP contribution is -2.49. The quantitative estimate of drug-likeness (QED) is 0.510. The molecule has 0 atom stereocenters. The first-order chi connectivity index (χ1) is 10.9. The zero-order valence-electron chi connectivity index (χ0n) is 15.7. The summed E-state index contributed by atoms with van der Waals surface area (Å²) >= 11 is 0. The lowest BCUT2D eigenvalue weighted by Gasteiger charge is -2.39. The maximum Gasteiger partial charge on any atom is 0.404 e. The van der Waals surface area contributed by atoms with Gasteiger partial charge >= 0.3 is 6.09 Å². The van der Waals surface area contributed by atoms with Crippen LogP contribution in [0.15, 0.2) is 6.07 Å². The summed E-state index contributed by atoms with van der Waals surface area (Å²) in [4.78, 5) is 10.4. The van der Waals surface area contributed by atoms with Crippen molar-refractivity contribution in [3.63, 3.8) is 0 Å². The predicted octanol–water partition coefficient (Wildman–Crippen LogP) is 1.78. The van der Waals surface area contributed by atoms with Crippen LogP contribution in [0.5, 0.6) is 0 Å². The van der Waals surface area contributed by atoms with Crippen LogP contribution in [0.4, 0.5) is 10.6 Å². The van der Waals surface area contributed by atoms with Gasteiger partial charge in [0.05, 0.1) is 19.8 Å². The first-order valence-corrected chi connectivity index (χ1v) is 10.0. The summed E-state index contributed by atoms with van der Waals surface area (Å²) in [7, 11) is -1.39. The topological polar surface area (TPSA) is 102 Å². The Kier molecular flexibility index (Phi) is 6.85. The van der Waals surface area contributed by atoms with Crippen molar-refractivity contribution in [1.82, 2.24) is 15.1 Å².